The van der Waals surface area contributed by atoms with Crippen molar-refractivity contribution in [2.24, 2.45) is 4.99 Å². The van der Waals surface area contributed by atoms with Crippen molar-refractivity contribution in [1.82, 2.24) is 0 Å². The molecule has 0 saturated carbocycles. The van der Waals surface area contributed by atoms with Crippen molar-refractivity contribution >= 4 is 18.0 Å². The predicted molar refractivity (Wildman–Crippen MR) is 115 cm³/mol. The molecule has 2 heteroatoms. The summed E-state index contributed by atoms with van der Waals surface area (Å²) in [6.45, 7) is 14.5. The Labute approximate surface area is 158 Å². The van der Waals surface area contributed by atoms with E-state index in [0.717, 1.165) is 17.6 Å². The third kappa shape index (κ3) is 3.60. The third-order valence-corrected chi connectivity index (χ3v) is 5.48. The molecule has 0 atom stereocenters. The smallest absolute Gasteiger partial charge is 0.0434 e. The first kappa shape index (κ1) is 18.4. The summed E-state index contributed by atoms with van der Waals surface area (Å²) in [5, 5.41) is 0. The van der Waals surface area contributed by atoms with E-state index in [1.54, 1.807) is 23.5 Å². The summed E-state index contributed by atoms with van der Waals surface area (Å²) in [6, 6.07) is 2.43. The molecule has 1 aromatic rings. The van der Waals surface area contributed by atoms with Gasteiger partial charge in [-0.3, -0.25) is 4.99 Å². The van der Waals surface area contributed by atoms with Crippen molar-refractivity contribution in [2.45, 2.75) is 46.0 Å². The molecule has 0 bridgehead atoms. The van der Waals surface area contributed by atoms with Gasteiger partial charge in [-0.15, -0.1) is 0 Å². The zero-order chi connectivity index (χ0) is 18.5. The Bertz CT molecular complexity index is 791. The molecule has 0 amide bonds. The van der Waals surface area contributed by atoms with Gasteiger partial charge >= 0.3 is 0 Å². The summed E-state index contributed by atoms with van der Waals surface area (Å²) in [6.07, 6.45) is 15.5. The highest BCUT2D eigenvalue weighted by Gasteiger charge is 2.26. The molecule has 0 aliphatic carbocycles. The Morgan fingerprint density at radius 1 is 1.23 bits per heavy atom. The van der Waals surface area contributed by atoms with E-state index < -0.39 is 0 Å². The van der Waals surface area contributed by atoms with E-state index in [1.165, 1.54) is 55.5 Å². The molecule has 0 unspecified atom stereocenters. The molecule has 2 nitrogen and oxygen atoms in total. The van der Waals surface area contributed by atoms with E-state index in [1.807, 2.05) is 12.3 Å². The van der Waals surface area contributed by atoms with Gasteiger partial charge in [0.1, 0.15) is 0 Å². The summed E-state index contributed by atoms with van der Waals surface area (Å²) in [5.74, 6) is 0. The molecule has 0 N–H and O–H groups in total. The lowest BCUT2D eigenvalue weighted by atomic mass is 9.84. The largest absolute Gasteiger partial charge is 0.371 e. The Hall–Kier alpha value is -2.35. The molecule has 0 spiro atoms. The molecular formula is C24H30N2. The van der Waals surface area contributed by atoms with Crippen LogP contribution in [0.25, 0.3) is 6.08 Å². The van der Waals surface area contributed by atoms with Gasteiger partial charge in [0, 0.05) is 31.2 Å². The first-order valence-electron chi connectivity index (χ1n) is 9.77. The van der Waals surface area contributed by atoms with Gasteiger partial charge in [0.05, 0.1) is 0 Å². The van der Waals surface area contributed by atoms with Gasteiger partial charge in [0.15, 0.2) is 0 Å². The number of hydrogen-bond acceptors (Lipinski definition) is 2. The molecule has 2 aliphatic heterocycles. The normalized spacial score (nSPS) is 17.4. The Kier molecular flexibility index (Phi) is 5.92. The standard InChI is InChI=1S/C24H30N2/c1-5-12-25-17-18(4)19(6-2)15-21-16-20-10-8-13-26-14-9-11-23(24(20)26)22(21)7-3/h5-6,12,15-17H,1-2,7-11,13-14H2,3-4H3/b18-17+,19-15+,25-12?. The minimum Gasteiger partial charge on any atom is -0.371 e. The third-order valence-electron chi connectivity index (χ3n) is 5.48. The Balaban J connectivity index is 2.10. The van der Waals surface area contributed by atoms with Crippen LogP contribution in [0.4, 0.5) is 5.69 Å². The van der Waals surface area contributed by atoms with Crippen molar-refractivity contribution in [3.8, 4) is 0 Å². The number of benzene rings is 1. The lowest BCUT2D eigenvalue weighted by Crippen LogP contribution is -2.35. The molecular weight excluding hydrogens is 316 g/mol. The van der Waals surface area contributed by atoms with Gasteiger partial charge in [-0.25, -0.2) is 0 Å². The van der Waals surface area contributed by atoms with Crippen molar-refractivity contribution in [3.63, 3.8) is 0 Å². The maximum atomic E-state index is 4.27. The van der Waals surface area contributed by atoms with E-state index in [9.17, 15) is 0 Å². The summed E-state index contributed by atoms with van der Waals surface area (Å²) in [5.41, 5.74) is 9.81. The van der Waals surface area contributed by atoms with Gasteiger partial charge in [0.2, 0.25) is 0 Å². The van der Waals surface area contributed by atoms with Crippen LogP contribution in [0, 0.1) is 0 Å². The van der Waals surface area contributed by atoms with Gasteiger partial charge < -0.3 is 4.90 Å². The highest BCUT2D eigenvalue weighted by molar-refractivity contribution is 5.74. The van der Waals surface area contributed by atoms with Crippen LogP contribution in [0.3, 0.4) is 0 Å². The minimum atomic E-state index is 1.07. The zero-order valence-electron chi connectivity index (χ0n) is 16.2. The fourth-order valence-electron chi connectivity index (χ4n) is 4.29. The second-order valence-electron chi connectivity index (χ2n) is 7.13. The zero-order valence-corrected chi connectivity index (χ0v) is 16.2. The Morgan fingerprint density at radius 3 is 2.69 bits per heavy atom. The van der Waals surface area contributed by atoms with Crippen LogP contribution in [0.2, 0.25) is 0 Å². The van der Waals surface area contributed by atoms with E-state index in [-0.39, 0.29) is 0 Å². The minimum absolute atomic E-state index is 1.07. The number of aliphatic imine (C=N–C) groups is 1. The van der Waals surface area contributed by atoms with E-state index in [0.29, 0.717) is 0 Å². The number of anilines is 1. The van der Waals surface area contributed by atoms with E-state index in [2.05, 4.69) is 49.0 Å². The van der Waals surface area contributed by atoms with Gasteiger partial charge in [-0.1, -0.05) is 32.2 Å². The highest BCUT2D eigenvalue weighted by Crippen LogP contribution is 2.39. The molecule has 136 valence electrons. The summed E-state index contributed by atoms with van der Waals surface area (Å²) in [7, 11) is 0. The fourth-order valence-corrected chi connectivity index (χ4v) is 4.29. The maximum Gasteiger partial charge on any atom is 0.0434 e. The van der Waals surface area contributed by atoms with Crippen LogP contribution < -0.4 is 4.90 Å². The number of rotatable bonds is 6. The topological polar surface area (TPSA) is 15.6 Å². The average Bonchev–Trinajstić information content (AvgIpc) is 2.66. The first-order chi connectivity index (χ1) is 12.7. The number of aryl methyl sites for hydroxylation is 1. The fraction of sp³-hybridized carbons (Fsp3) is 0.375. The van der Waals surface area contributed by atoms with E-state index >= 15 is 0 Å². The first-order valence-corrected chi connectivity index (χ1v) is 9.77. The Morgan fingerprint density at radius 2 is 2.00 bits per heavy atom. The molecule has 3 rings (SSSR count). The van der Waals surface area contributed by atoms with Crippen LogP contribution in [0.5, 0.6) is 0 Å². The van der Waals surface area contributed by atoms with Crippen LogP contribution >= 0.6 is 0 Å². The molecule has 0 radical (unpaired) electrons. The predicted octanol–water partition coefficient (Wildman–Crippen LogP) is 5.68. The lowest BCUT2D eigenvalue weighted by Gasteiger charge is -2.38. The van der Waals surface area contributed by atoms with Crippen LogP contribution in [0.1, 0.15) is 48.9 Å². The van der Waals surface area contributed by atoms with Gasteiger partial charge in [0.25, 0.3) is 0 Å². The molecule has 2 heterocycles. The van der Waals surface area contributed by atoms with E-state index in [4.69, 9.17) is 0 Å². The van der Waals surface area contributed by atoms with Crippen molar-refractivity contribution in [1.29, 1.82) is 0 Å². The quantitative estimate of drug-likeness (QED) is 0.478. The summed E-state index contributed by atoms with van der Waals surface area (Å²) < 4.78 is 0. The lowest BCUT2D eigenvalue weighted by molar-refractivity contribution is 0.630. The molecule has 1 aromatic carbocycles. The van der Waals surface area contributed by atoms with Crippen LogP contribution in [0.15, 0.2) is 53.7 Å². The SMILES string of the molecule is C=CC=N/C=C(C)/C(C=C)=C/c1cc2c3c(c1CC)CCCN3CCC2. The number of hydrogen-bond donors (Lipinski definition) is 0. The molecule has 0 fully saturated rings. The van der Waals surface area contributed by atoms with Crippen molar-refractivity contribution < 1.29 is 0 Å². The van der Waals surface area contributed by atoms with Gasteiger partial charge in [-0.05, 0) is 84.6 Å². The number of allylic oxidation sites excluding steroid dienone is 4. The molecule has 26 heavy (non-hydrogen) atoms. The average molecular weight is 347 g/mol. The van der Waals surface area contributed by atoms with Crippen molar-refractivity contribution in [2.75, 3.05) is 18.0 Å². The van der Waals surface area contributed by atoms with Crippen LogP contribution in [-0.2, 0) is 19.3 Å². The second-order valence-corrected chi connectivity index (χ2v) is 7.13. The number of nitrogens with zero attached hydrogens (tertiary/aromatic N) is 2. The van der Waals surface area contributed by atoms with Crippen molar-refractivity contribution in [3.05, 3.63) is 71.0 Å². The summed E-state index contributed by atoms with van der Waals surface area (Å²) >= 11 is 0. The molecule has 0 aromatic heterocycles. The van der Waals surface area contributed by atoms with Gasteiger partial charge in [-0.2, -0.15) is 0 Å². The summed E-state index contributed by atoms with van der Waals surface area (Å²) in [4.78, 5) is 6.88. The molecule has 2 aliphatic rings. The van der Waals surface area contributed by atoms with Crippen LogP contribution in [-0.4, -0.2) is 19.3 Å². The maximum absolute atomic E-state index is 4.27. The monoisotopic (exact) mass is 346 g/mol. The highest BCUT2D eigenvalue weighted by atomic mass is 15.1. The molecule has 0 saturated heterocycles. The second kappa shape index (κ2) is 8.35.